The van der Waals surface area contributed by atoms with Crippen molar-refractivity contribution in [2.24, 2.45) is 5.18 Å². The van der Waals surface area contributed by atoms with Crippen LogP contribution in [-0.4, -0.2) is 31.0 Å². The van der Waals surface area contributed by atoms with Crippen molar-refractivity contribution in [3.8, 4) is 5.75 Å². The van der Waals surface area contributed by atoms with Gasteiger partial charge in [0.1, 0.15) is 9.79 Å². The second-order valence-electron chi connectivity index (χ2n) is 3.96. The summed E-state index contributed by atoms with van der Waals surface area (Å²) in [6.07, 6.45) is 0. The van der Waals surface area contributed by atoms with Crippen LogP contribution in [0.5, 0.6) is 5.75 Å². The molecule has 114 valence electrons. The Hall–Kier alpha value is -1.08. The number of aromatic hydroxyl groups is 1. The summed E-state index contributed by atoms with van der Waals surface area (Å²) < 4.78 is 63.6. The molecule has 0 spiro atoms. The van der Waals surface area contributed by atoms with Crippen molar-refractivity contribution < 1.29 is 62.0 Å². The zero-order valence-electron chi connectivity index (χ0n) is 12.0. The van der Waals surface area contributed by atoms with Crippen LogP contribution in [-0.2, 0) is 20.2 Å². The first-order chi connectivity index (χ1) is 9.57. The van der Waals surface area contributed by atoms with E-state index in [1.165, 1.54) is 0 Å². The molecule has 22 heavy (non-hydrogen) atoms. The van der Waals surface area contributed by atoms with Crippen molar-refractivity contribution in [3.05, 3.63) is 29.2 Å². The van der Waals surface area contributed by atoms with Crippen molar-refractivity contribution >= 4 is 36.7 Å². The Morgan fingerprint density at radius 1 is 1.00 bits per heavy atom. The summed E-state index contributed by atoms with van der Waals surface area (Å²) >= 11 is 0. The number of rotatable bonds is 3. The quantitative estimate of drug-likeness (QED) is 0.342. The van der Waals surface area contributed by atoms with Crippen LogP contribution in [0.2, 0.25) is 0 Å². The molecule has 0 amide bonds. The number of fused-ring (bicyclic) bond motifs is 1. The zero-order valence-corrected chi connectivity index (χ0v) is 14.6. The van der Waals surface area contributed by atoms with Gasteiger partial charge in [0, 0.05) is 10.8 Å². The van der Waals surface area contributed by atoms with Gasteiger partial charge in [-0.2, -0.15) is 16.8 Å². The second kappa shape index (κ2) is 6.20. The molecular formula is C10H8NNaO8S2. The summed E-state index contributed by atoms with van der Waals surface area (Å²) in [6.45, 7) is 0. The van der Waals surface area contributed by atoms with Crippen molar-refractivity contribution in [3.63, 3.8) is 0 Å². The van der Waals surface area contributed by atoms with Crippen LogP contribution in [0.25, 0.3) is 10.8 Å². The van der Waals surface area contributed by atoms with Gasteiger partial charge in [-0.25, -0.2) is 0 Å². The normalized spacial score (nSPS) is 11.9. The Morgan fingerprint density at radius 3 is 2.00 bits per heavy atom. The van der Waals surface area contributed by atoms with Crippen molar-refractivity contribution in [1.82, 2.24) is 0 Å². The summed E-state index contributed by atoms with van der Waals surface area (Å²) in [7, 11) is -9.79. The fraction of sp³-hybridized carbons (Fsp3) is 0. The first kappa shape index (κ1) is 19.0. The first-order valence-corrected chi connectivity index (χ1v) is 8.02. The number of hydrogen-bond acceptors (Lipinski definition) is 7. The van der Waals surface area contributed by atoms with E-state index in [9.17, 15) is 26.8 Å². The molecular weight excluding hydrogens is 349 g/mol. The minimum absolute atomic E-state index is 0. The van der Waals surface area contributed by atoms with Crippen molar-refractivity contribution in [1.29, 1.82) is 0 Å². The number of benzene rings is 2. The molecule has 0 saturated carbocycles. The molecule has 0 aliphatic heterocycles. The Kier molecular flexibility index (Phi) is 5.34. The molecule has 0 saturated heterocycles. The van der Waals surface area contributed by atoms with Crippen LogP contribution in [0.15, 0.2) is 39.2 Å². The second-order valence-corrected chi connectivity index (χ2v) is 6.74. The van der Waals surface area contributed by atoms with E-state index in [-0.39, 0.29) is 36.4 Å². The zero-order chi connectivity index (χ0) is 16.0. The van der Waals surface area contributed by atoms with Crippen molar-refractivity contribution in [2.75, 3.05) is 0 Å². The predicted octanol–water partition coefficient (Wildman–Crippen LogP) is -1.45. The summed E-state index contributed by atoms with van der Waals surface area (Å²) in [4.78, 5) is 8.76. The predicted molar refractivity (Wildman–Crippen MR) is 71.8 cm³/mol. The third-order valence-corrected chi connectivity index (χ3v) is 4.47. The van der Waals surface area contributed by atoms with Crippen LogP contribution in [0.4, 0.5) is 5.69 Å². The van der Waals surface area contributed by atoms with Crippen LogP contribution >= 0.6 is 0 Å². The van der Waals surface area contributed by atoms with Crippen LogP contribution < -0.4 is 29.6 Å². The number of phenols is 1. The standard InChI is InChI=1S/C10H7NO8S2.Na.H/c12-10-5-2-1-3-7(20(14,15)16)9(5)8(21(17,18)19)4-6(10)11-13;;/h1-4,12H,(H,14,15,16)(H,17,18,19);;/q;+1;-1. The number of nitroso groups, excluding NO2 is 1. The number of phenolic OH excluding ortho intramolecular Hbond substituents is 1. The molecule has 0 aliphatic carbocycles. The maximum Gasteiger partial charge on any atom is 1.00 e. The molecule has 2 aromatic carbocycles. The molecule has 2 aromatic rings. The van der Waals surface area contributed by atoms with E-state index in [4.69, 9.17) is 9.11 Å². The minimum Gasteiger partial charge on any atom is -1.00 e. The van der Waals surface area contributed by atoms with Gasteiger partial charge in [-0.1, -0.05) is 12.1 Å². The van der Waals surface area contributed by atoms with Crippen molar-refractivity contribution in [2.45, 2.75) is 9.79 Å². The van der Waals surface area contributed by atoms with Gasteiger partial charge in [0.2, 0.25) is 0 Å². The molecule has 2 rings (SSSR count). The smallest absolute Gasteiger partial charge is 1.00 e. The largest absolute Gasteiger partial charge is 1.00 e. The van der Waals surface area contributed by atoms with Gasteiger partial charge < -0.3 is 6.53 Å². The van der Waals surface area contributed by atoms with Crippen LogP contribution in [0.1, 0.15) is 1.43 Å². The average Bonchev–Trinajstić information content (AvgIpc) is 2.36. The Labute approximate surface area is 148 Å². The summed E-state index contributed by atoms with van der Waals surface area (Å²) in [5, 5.41) is 11.2. The molecule has 0 unspecified atom stereocenters. The molecule has 0 aliphatic rings. The third kappa shape index (κ3) is 3.30. The third-order valence-electron chi connectivity index (χ3n) is 2.69. The fourth-order valence-corrected chi connectivity index (χ4v) is 3.40. The topological polar surface area (TPSA) is 158 Å². The molecule has 9 nitrogen and oxygen atoms in total. The van der Waals surface area contributed by atoms with E-state index in [0.29, 0.717) is 6.07 Å². The molecule has 0 radical (unpaired) electrons. The van der Waals surface area contributed by atoms with Gasteiger partial charge in [-0.3, -0.25) is 9.11 Å². The SMILES string of the molecule is O=Nc1cc(S(=O)(=O)O)c2c(S(=O)(=O)O)cccc2c1O.[H-].[Na+]. The Bertz CT molecular complexity index is 974. The Balaban J connectivity index is 0.00000242. The van der Waals surface area contributed by atoms with Crippen LogP contribution in [0, 0.1) is 4.91 Å². The maximum atomic E-state index is 11.4. The minimum atomic E-state index is -4.95. The summed E-state index contributed by atoms with van der Waals surface area (Å²) in [5.41, 5.74) is -0.706. The van der Waals surface area contributed by atoms with E-state index in [2.05, 4.69) is 5.18 Å². The molecule has 0 atom stereocenters. The average molecular weight is 357 g/mol. The molecule has 3 N–H and O–H groups in total. The van der Waals surface area contributed by atoms with Gasteiger partial charge in [0.05, 0.1) is 0 Å². The van der Waals surface area contributed by atoms with E-state index < -0.39 is 46.9 Å². The Morgan fingerprint density at radius 2 is 1.55 bits per heavy atom. The van der Waals surface area contributed by atoms with E-state index in [1.54, 1.807) is 0 Å². The summed E-state index contributed by atoms with van der Waals surface area (Å²) in [5.74, 6) is -0.780. The first-order valence-electron chi connectivity index (χ1n) is 5.14. The molecule has 12 heteroatoms. The van der Waals surface area contributed by atoms with E-state index in [1.807, 2.05) is 0 Å². The van der Waals surface area contributed by atoms with Gasteiger partial charge >= 0.3 is 29.6 Å². The van der Waals surface area contributed by atoms with E-state index >= 15 is 0 Å². The molecule has 0 aromatic heterocycles. The molecule has 0 fully saturated rings. The molecule has 0 bridgehead atoms. The maximum absolute atomic E-state index is 11.4. The fourth-order valence-electron chi connectivity index (χ4n) is 1.87. The number of nitrogens with zero attached hydrogens (tertiary/aromatic N) is 1. The van der Waals surface area contributed by atoms with Crippen LogP contribution in [0.3, 0.4) is 0 Å². The summed E-state index contributed by atoms with van der Waals surface area (Å²) in [6, 6.07) is 3.59. The van der Waals surface area contributed by atoms with Gasteiger partial charge in [0.25, 0.3) is 20.2 Å². The van der Waals surface area contributed by atoms with Gasteiger partial charge in [0.15, 0.2) is 11.4 Å². The monoisotopic (exact) mass is 357 g/mol. The number of hydrogen-bond donors (Lipinski definition) is 3. The van der Waals surface area contributed by atoms with E-state index in [0.717, 1.165) is 18.2 Å². The molecule has 0 heterocycles. The van der Waals surface area contributed by atoms with Gasteiger partial charge in [-0.05, 0) is 17.3 Å². The van der Waals surface area contributed by atoms with Gasteiger partial charge in [-0.15, -0.1) is 4.91 Å².